The first-order valence-corrected chi connectivity index (χ1v) is 7.99. The van der Waals surface area contributed by atoms with Crippen molar-refractivity contribution in [2.75, 3.05) is 39.7 Å². The maximum atomic E-state index is 9.80. The Morgan fingerprint density at radius 1 is 1.00 bits per heavy atom. The Kier molecular flexibility index (Phi) is 6.90. The molecule has 2 aromatic rings. The van der Waals surface area contributed by atoms with Crippen LogP contribution in [0.4, 0.5) is 5.69 Å². The molecule has 5 nitrogen and oxygen atoms in total. The van der Waals surface area contributed by atoms with Crippen LogP contribution < -0.4 is 14.8 Å². The van der Waals surface area contributed by atoms with E-state index in [4.69, 9.17) is 9.47 Å². The van der Waals surface area contributed by atoms with E-state index in [0.717, 1.165) is 23.7 Å². The summed E-state index contributed by atoms with van der Waals surface area (Å²) in [7, 11) is 5.51. The predicted molar refractivity (Wildman–Crippen MR) is 96.8 cm³/mol. The van der Waals surface area contributed by atoms with Crippen LogP contribution in [0.15, 0.2) is 48.5 Å². The summed E-state index contributed by atoms with van der Waals surface area (Å²) in [6, 6.07) is 15.7. The van der Waals surface area contributed by atoms with Gasteiger partial charge in [-0.05, 0) is 56.1 Å². The van der Waals surface area contributed by atoms with Crippen LogP contribution in [-0.2, 0) is 6.54 Å². The van der Waals surface area contributed by atoms with Crippen molar-refractivity contribution in [1.82, 2.24) is 4.90 Å². The van der Waals surface area contributed by atoms with Gasteiger partial charge in [-0.15, -0.1) is 0 Å². The molecule has 24 heavy (non-hydrogen) atoms. The summed E-state index contributed by atoms with van der Waals surface area (Å²) in [4.78, 5) is 1.93. The molecule has 0 aliphatic carbocycles. The molecule has 0 amide bonds. The Morgan fingerprint density at radius 2 is 1.62 bits per heavy atom. The average molecular weight is 330 g/mol. The van der Waals surface area contributed by atoms with E-state index in [2.05, 4.69) is 5.32 Å². The number of aliphatic hydroxyl groups is 1. The van der Waals surface area contributed by atoms with Crippen molar-refractivity contribution < 1.29 is 14.6 Å². The van der Waals surface area contributed by atoms with Gasteiger partial charge >= 0.3 is 0 Å². The van der Waals surface area contributed by atoms with Crippen molar-refractivity contribution in [1.29, 1.82) is 0 Å². The van der Waals surface area contributed by atoms with Crippen molar-refractivity contribution >= 4 is 5.69 Å². The first-order chi connectivity index (χ1) is 11.6. The third-order valence-electron chi connectivity index (χ3n) is 3.53. The number of likely N-dealkylation sites (N-methyl/N-ethyl adjacent to an activating group) is 1. The molecule has 0 fully saturated rings. The van der Waals surface area contributed by atoms with Crippen LogP contribution >= 0.6 is 0 Å². The zero-order valence-corrected chi connectivity index (χ0v) is 14.5. The Morgan fingerprint density at radius 3 is 2.21 bits per heavy atom. The lowest BCUT2D eigenvalue weighted by Gasteiger charge is -2.16. The lowest BCUT2D eigenvalue weighted by molar-refractivity contribution is 0.0831. The van der Waals surface area contributed by atoms with Crippen LogP contribution in [0, 0.1) is 0 Å². The minimum atomic E-state index is -0.493. The second-order valence-corrected chi connectivity index (χ2v) is 5.95. The lowest BCUT2D eigenvalue weighted by Crippen LogP contribution is -2.30. The summed E-state index contributed by atoms with van der Waals surface area (Å²) in [5.41, 5.74) is 2.20. The first-order valence-electron chi connectivity index (χ1n) is 7.99. The van der Waals surface area contributed by atoms with E-state index in [1.807, 2.05) is 67.5 Å². The number of benzene rings is 2. The SMILES string of the molecule is COc1ccc(CNc2ccc(OCC(O)CN(C)C)cc2)cc1. The molecule has 0 radical (unpaired) electrons. The van der Waals surface area contributed by atoms with Crippen LogP contribution in [0.5, 0.6) is 11.5 Å². The summed E-state index contributed by atoms with van der Waals surface area (Å²) in [6.45, 7) is 1.62. The average Bonchev–Trinajstić information content (AvgIpc) is 2.59. The second kappa shape index (κ2) is 9.15. The van der Waals surface area contributed by atoms with E-state index in [1.54, 1.807) is 7.11 Å². The van der Waals surface area contributed by atoms with Gasteiger partial charge in [-0.25, -0.2) is 0 Å². The highest BCUT2D eigenvalue weighted by Crippen LogP contribution is 2.17. The fourth-order valence-electron chi connectivity index (χ4n) is 2.28. The Bertz CT molecular complexity index is 597. The molecule has 0 spiro atoms. The van der Waals surface area contributed by atoms with Crippen molar-refractivity contribution in [3.8, 4) is 11.5 Å². The Hall–Kier alpha value is -2.24. The molecule has 5 heteroatoms. The number of aliphatic hydroxyl groups excluding tert-OH is 1. The summed E-state index contributed by atoms with van der Waals surface area (Å²) < 4.78 is 10.7. The van der Waals surface area contributed by atoms with Gasteiger partial charge in [0.25, 0.3) is 0 Å². The molecule has 2 N–H and O–H groups in total. The molecule has 0 saturated heterocycles. The molecule has 0 bridgehead atoms. The molecule has 0 aliphatic heterocycles. The van der Waals surface area contributed by atoms with Gasteiger partial charge in [-0.1, -0.05) is 12.1 Å². The van der Waals surface area contributed by atoms with E-state index < -0.39 is 6.10 Å². The molecule has 2 aromatic carbocycles. The highest BCUT2D eigenvalue weighted by molar-refractivity contribution is 5.47. The van der Waals surface area contributed by atoms with Crippen LogP contribution in [-0.4, -0.2) is 50.5 Å². The monoisotopic (exact) mass is 330 g/mol. The van der Waals surface area contributed by atoms with Gasteiger partial charge in [-0.2, -0.15) is 0 Å². The summed E-state index contributed by atoms with van der Waals surface area (Å²) in [5.74, 6) is 1.61. The molecule has 0 saturated carbocycles. The fourth-order valence-corrected chi connectivity index (χ4v) is 2.28. The largest absolute Gasteiger partial charge is 0.497 e. The first kappa shape index (κ1) is 18.1. The number of ether oxygens (including phenoxy) is 2. The second-order valence-electron chi connectivity index (χ2n) is 5.95. The van der Waals surface area contributed by atoms with E-state index in [1.165, 1.54) is 5.56 Å². The van der Waals surface area contributed by atoms with Crippen LogP contribution in [0.25, 0.3) is 0 Å². The quantitative estimate of drug-likeness (QED) is 0.740. The van der Waals surface area contributed by atoms with E-state index in [0.29, 0.717) is 6.54 Å². The van der Waals surface area contributed by atoms with Gasteiger partial charge in [0.1, 0.15) is 24.2 Å². The topological polar surface area (TPSA) is 54.0 Å². The normalized spacial score (nSPS) is 12.0. The van der Waals surface area contributed by atoms with E-state index in [9.17, 15) is 5.11 Å². The minimum Gasteiger partial charge on any atom is -0.497 e. The van der Waals surface area contributed by atoms with Crippen LogP contribution in [0.1, 0.15) is 5.56 Å². The zero-order valence-electron chi connectivity index (χ0n) is 14.5. The number of nitrogens with one attached hydrogen (secondary N) is 1. The van der Waals surface area contributed by atoms with E-state index in [-0.39, 0.29) is 6.61 Å². The van der Waals surface area contributed by atoms with Gasteiger partial charge in [0.15, 0.2) is 0 Å². The van der Waals surface area contributed by atoms with Crippen LogP contribution in [0.2, 0.25) is 0 Å². The van der Waals surface area contributed by atoms with Crippen molar-refractivity contribution in [3.63, 3.8) is 0 Å². The molecule has 0 heterocycles. The van der Waals surface area contributed by atoms with Gasteiger partial charge in [0.2, 0.25) is 0 Å². The highest BCUT2D eigenvalue weighted by Gasteiger charge is 2.06. The predicted octanol–water partition coefficient (Wildman–Crippen LogP) is 2.61. The standard InChI is InChI=1S/C19H26N2O3/c1-21(2)13-17(22)14-24-19-10-6-16(7-11-19)20-12-15-4-8-18(23-3)9-5-15/h4-11,17,20,22H,12-14H2,1-3H3. The number of methoxy groups -OCH3 is 1. The van der Waals surface area contributed by atoms with Crippen molar-refractivity contribution in [3.05, 3.63) is 54.1 Å². The fraction of sp³-hybridized carbons (Fsp3) is 0.368. The molecule has 130 valence electrons. The number of anilines is 1. The lowest BCUT2D eigenvalue weighted by atomic mass is 10.2. The molecular formula is C19H26N2O3. The smallest absolute Gasteiger partial charge is 0.119 e. The third kappa shape index (κ3) is 6.10. The van der Waals surface area contributed by atoms with Gasteiger partial charge < -0.3 is 24.8 Å². The Balaban J connectivity index is 1.78. The zero-order chi connectivity index (χ0) is 17.4. The van der Waals surface area contributed by atoms with Gasteiger partial charge in [0.05, 0.1) is 7.11 Å². The molecule has 1 unspecified atom stereocenters. The minimum absolute atomic E-state index is 0.288. The van der Waals surface area contributed by atoms with E-state index >= 15 is 0 Å². The molecule has 0 aromatic heterocycles. The molecule has 1 atom stereocenters. The third-order valence-corrected chi connectivity index (χ3v) is 3.53. The van der Waals surface area contributed by atoms with Gasteiger partial charge in [-0.3, -0.25) is 0 Å². The number of hydrogen-bond donors (Lipinski definition) is 2. The van der Waals surface area contributed by atoms with Crippen LogP contribution in [0.3, 0.4) is 0 Å². The molecular weight excluding hydrogens is 304 g/mol. The van der Waals surface area contributed by atoms with Crippen molar-refractivity contribution in [2.45, 2.75) is 12.6 Å². The summed E-state index contributed by atoms with van der Waals surface area (Å²) in [5, 5.41) is 13.2. The van der Waals surface area contributed by atoms with Gasteiger partial charge in [0, 0.05) is 18.8 Å². The summed E-state index contributed by atoms with van der Waals surface area (Å²) >= 11 is 0. The maximum absolute atomic E-state index is 9.80. The van der Waals surface area contributed by atoms with Crippen molar-refractivity contribution in [2.24, 2.45) is 0 Å². The summed E-state index contributed by atoms with van der Waals surface area (Å²) in [6.07, 6.45) is -0.493. The Labute approximate surface area is 143 Å². The number of nitrogens with zero attached hydrogens (tertiary/aromatic N) is 1. The number of hydrogen-bond acceptors (Lipinski definition) is 5. The maximum Gasteiger partial charge on any atom is 0.119 e. The molecule has 2 rings (SSSR count). The molecule has 0 aliphatic rings. The number of rotatable bonds is 9. The highest BCUT2D eigenvalue weighted by atomic mass is 16.5.